The lowest BCUT2D eigenvalue weighted by atomic mass is 9.37. The summed E-state index contributed by atoms with van der Waals surface area (Å²) in [5.41, 5.74) is 1.36. The number of piperidine rings is 1. The fraction of sp³-hybridized carbons (Fsp3) is 0.571. The van der Waals surface area contributed by atoms with E-state index >= 15 is 0 Å². The Morgan fingerprint density at radius 1 is 1.38 bits per heavy atom. The maximum Gasteiger partial charge on any atom is 0.165 e. The fourth-order valence-electron chi connectivity index (χ4n) is 7.20. The summed E-state index contributed by atoms with van der Waals surface area (Å²) in [4.78, 5) is 2.46. The number of nitriles is 1. The third kappa shape index (κ3) is 1.22. The largest absolute Gasteiger partial charge is 0.504 e. The molecule has 6 aliphatic rings. The van der Waals surface area contributed by atoms with Gasteiger partial charge in [-0.15, -0.1) is 0 Å². The molecular weight excluding hydrogens is 328 g/mol. The Balaban J connectivity index is 1.75. The van der Waals surface area contributed by atoms with Gasteiger partial charge in [0, 0.05) is 24.1 Å². The number of likely N-dealkylation sites (tertiary alicyclic amines) is 1. The molecular formula is C21H22N2O3. The second-order valence-corrected chi connectivity index (χ2v) is 8.68. The molecule has 2 aliphatic heterocycles. The monoisotopic (exact) mass is 350 g/mol. The lowest BCUT2D eigenvalue weighted by molar-refractivity contribution is -0.203. The zero-order valence-electron chi connectivity index (χ0n) is 15.0. The molecule has 134 valence electrons. The number of hydrogen-bond acceptors (Lipinski definition) is 5. The summed E-state index contributed by atoms with van der Waals surface area (Å²) in [5.74, 6) is 0.588. The van der Waals surface area contributed by atoms with Crippen molar-refractivity contribution in [3.05, 3.63) is 35.4 Å². The number of likely N-dealkylation sites (N-methyl/N-ethyl adjacent to an activating group) is 1. The first kappa shape index (κ1) is 15.1. The third-order valence-corrected chi connectivity index (χ3v) is 8.23. The van der Waals surface area contributed by atoms with Gasteiger partial charge in [0.25, 0.3) is 0 Å². The molecule has 1 aromatic carbocycles. The van der Waals surface area contributed by atoms with E-state index in [2.05, 4.69) is 36.2 Å². The highest BCUT2D eigenvalue weighted by Crippen LogP contribution is 2.74. The van der Waals surface area contributed by atoms with E-state index < -0.39 is 5.60 Å². The van der Waals surface area contributed by atoms with E-state index in [4.69, 9.17) is 9.47 Å². The quantitative estimate of drug-likeness (QED) is 0.786. The Hall–Kier alpha value is -2.03. The summed E-state index contributed by atoms with van der Waals surface area (Å²) in [6.07, 6.45) is 6.86. The Bertz CT molecular complexity index is 921. The molecule has 1 saturated heterocycles. The summed E-state index contributed by atoms with van der Waals surface area (Å²) in [6.45, 7) is 0.992. The van der Waals surface area contributed by atoms with Crippen LogP contribution in [0.5, 0.6) is 11.5 Å². The zero-order valence-corrected chi connectivity index (χ0v) is 15.0. The number of phenols is 1. The van der Waals surface area contributed by atoms with Crippen LogP contribution in [0.25, 0.3) is 0 Å². The molecule has 3 unspecified atom stereocenters. The van der Waals surface area contributed by atoms with Crippen molar-refractivity contribution in [1.82, 2.24) is 4.90 Å². The van der Waals surface area contributed by atoms with Crippen molar-refractivity contribution in [2.45, 2.75) is 42.4 Å². The molecule has 26 heavy (non-hydrogen) atoms. The van der Waals surface area contributed by atoms with Crippen LogP contribution in [-0.2, 0) is 16.6 Å². The van der Waals surface area contributed by atoms with Crippen molar-refractivity contribution in [3.8, 4) is 17.6 Å². The Morgan fingerprint density at radius 3 is 3.00 bits per heavy atom. The lowest BCUT2D eigenvalue weighted by Gasteiger charge is -2.70. The highest BCUT2D eigenvalue weighted by Gasteiger charge is 2.79. The van der Waals surface area contributed by atoms with Gasteiger partial charge in [-0.2, -0.15) is 5.26 Å². The topological polar surface area (TPSA) is 65.7 Å². The van der Waals surface area contributed by atoms with Crippen LogP contribution >= 0.6 is 0 Å². The minimum absolute atomic E-state index is 0.141. The Morgan fingerprint density at radius 2 is 2.23 bits per heavy atom. The molecule has 2 spiro atoms. The van der Waals surface area contributed by atoms with Crippen LogP contribution < -0.4 is 4.74 Å². The van der Waals surface area contributed by atoms with Crippen LogP contribution in [0.1, 0.15) is 24.0 Å². The number of fused-ring (bicyclic) bond motifs is 1. The average molecular weight is 350 g/mol. The number of aromatic hydroxyl groups is 1. The van der Waals surface area contributed by atoms with Crippen LogP contribution in [0, 0.1) is 22.7 Å². The molecule has 0 aromatic heterocycles. The lowest BCUT2D eigenvalue weighted by Crippen LogP contribution is -2.78. The van der Waals surface area contributed by atoms with Gasteiger partial charge < -0.3 is 19.5 Å². The highest BCUT2D eigenvalue weighted by atomic mass is 16.6. The molecule has 2 fully saturated rings. The molecule has 5 heteroatoms. The number of benzene rings is 1. The summed E-state index contributed by atoms with van der Waals surface area (Å²) >= 11 is 0. The molecule has 1 aromatic rings. The summed E-state index contributed by atoms with van der Waals surface area (Å²) in [6, 6.07) is 6.68. The minimum atomic E-state index is -0.753. The van der Waals surface area contributed by atoms with Crippen LogP contribution in [0.2, 0.25) is 0 Å². The summed E-state index contributed by atoms with van der Waals surface area (Å²) < 4.78 is 12.6. The van der Waals surface area contributed by atoms with E-state index in [-0.39, 0.29) is 28.6 Å². The van der Waals surface area contributed by atoms with Gasteiger partial charge in [0.1, 0.15) is 11.7 Å². The minimum Gasteiger partial charge on any atom is -0.504 e. The number of methoxy groups -OCH3 is 1. The molecule has 6 atom stereocenters. The normalized spacial score (nSPS) is 46.6. The molecule has 1 N–H and O–H groups in total. The van der Waals surface area contributed by atoms with Gasteiger partial charge in [0.2, 0.25) is 0 Å². The van der Waals surface area contributed by atoms with Crippen molar-refractivity contribution in [1.29, 1.82) is 5.26 Å². The van der Waals surface area contributed by atoms with Crippen molar-refractivity contribution in [3.63, 3.8) is 0 Å². The van der Waals surface area contributed by atoms with Crippen molar-refractivity contribution < 1.29 is 14.6 Å². The molecule has 7 rings (SSSR count). The first-order chi connectivity index (χ1) is 12.5. The van der Waals surface area contributed by atoms with Crippen LogP contribution in [0.4, 0.5) is 0 Å². The smallest absolute Gasteiger partial charge is 0.165 e. The van der Waals surface area contributed by atoms with Gasteiger partial charge in [0.15, 0.2) is 11.5 Å². The Labute approximate surface area is 152 Å². The van der Waals surface area contributed by atoms with E-state index in [1.807, 2.05) is 0 Å². The van der Waals surface area contributed by atoms with Gasteiger partial charge in [-0.3, -0.25) is 0 Å². The van der Waals surface area contributed by atoms with Gasteiger partial charge in [-0.25, -0.2) is 0 Å². The van der Waals surface area contributed by atoms with E-state index in [1.165, 1.54) is 11.1 Å². The van der Waals surface area contributed by atoms with E-state index in [9.17, 15) is 10.4 Å². The fourth-order valence-corrected chi connectivity index (χ4v) is 7.20. The van der Waals surface area contributed by atoms with Crippen molar-refractivity contribution in [2.75, 3.05) is 20.7 Å². The summed E-state index contributed by atoms with van der Waals surface area (Å²) in [5, 5.41) is 20.5. The predicted molar refractivity (Wildman–Crippen MR) is 94.0 cm³/mol. The number of nitrogens with zero attached hydrogens (tertiary/aromatic N) is 2. The molecule has 4 bridgehead atoms. The standard InChI is InChI=1S/C21H22N2O3/c1-23-8-7-20-16-12-3-4-14(24)17(16)26-18(20)21(25-2)6-5-19(20,15(23)9-12)10-13(21)11-22/h3-6,13,15,18,24H,7-10H2,1-2H3/t13-,15?,18+,19?,20+,21?/m1/s1. The second kappa shape index (κ2) is 4.27. The second-order valence-electron chi connectivity index (χ2n) is 8.68. The zero-order chi connectivity index (χ0) is 17.9. The van der Waals surface area contributed by atoms with E-state index in [0.29, 0.717) is 11.8 Å². The molecule has 2 heterocycles. The van der Waals surface area contributed by atoms with Gasteiger partial charge in [0.05, 0.1) is 17.4 Å². The first-order valence-corrected chi connectivity index (χ1v) is 9.41. The van der Waals surface area contributed by atoms with Gasteiger partial charge in [-0.1, -0.05) is 18.2 Å². The van der Waals surface area contributed by atoms with Crippen LogP contribution in [-0.4, -0.2) is 48.5 Å². The Kier molecular flexibility index (Phi) is 2.47. The molecule has 0 radical (unpaired) electrons. The van der Waals surface area contributed by atoms with Crippen LogP contribution in [0.3, 0.4) is 0 Å². The predicted octanol–water partition coefficient (Wildman–Crippen LogP) is 2.14. The number of ether oxygens (including phenoxy) is 2. The first-order valence-electron chi connectivity index (χ1n) is 9.41. The van der Waals surface area contributed by atoms with Crippen molar-refractivity contribution >= 4 is 0 Å². The maximum atomic E-state index is 10.6. The molecule has 4 aliphatic carbocycles. The van der Waals surface area contributed by atoms with Crippen LogP contribution in [0.15, 0.2) is 24.3 Å². The molecule has 0 amide bonds. The van der Waals surface area contributed by atoms with Gasteiger partial charge >= 0.3 is 0 Å². The number of rotatable bonds is 1. The van der Waals surface area contributed by atoms with E-state index in [0.717, 1.165) is 25.8 Å². The maximum absolute atomic E-state index is 10.6. The van der Waals surface area contributed by atoms with Crippen molar-refractivity contribution in [2.24, 2.45) is 11.3 Å². The van der Waals surface area contributed by atoms with E-state index in [1.54, 1.807) is 13.2 Å². The summed E-state index contributed by atoms with van der Waals surface area (Å²) in [7, 11) is 3.89. The average Bonchev–Trinajstić information content (AvgIpc) is 3.03. The van der Waals surface area contributed by atoms with Gasteiger partial charge in [-0.05, 0) is 44.5 Å². The number of hydrogen-bond donors (Lipinski definition) is 1. The molecule has 5 nitrogen and oxygen atoms in total. The highest BCUT2D eigenvalue weighted by molar-refractivity contribution is 5.65. The number of phenolic OH excluding ortho intramolecular Hbond substituents is 1. The third-order valence-electron chi connectivity index (χ3n) is 8.23. The molecule has 1 saturated carbocycles. The SMILES string of the molecule is COC12C=CC3(C[C@@H]1C#N)C1Cc4ccc(O)c5c4[C@@]3(CCN1C)[C@@H]2O5.